The molecule has 1 amide bonds. The van der Waals surface area contributed by atoms with Crippen LogP contribution < -0.4 is 5.32 Å². The zero-order valence-electron chi connectivity index (χ0n) is 11.4. The lowest BCUT2D eigenvalue weighted by Gasteiger charge is -2.09. The Hall–Kier alpha value is -2.70. The molecule has 0 aliphatic rings. The van der Waals surface area contributed by atoms with E-state index in [-0.39, 0.29) is 12.3 Å². The minimum atomic E-state index is -0.889. The molecule has 0 unspecified atom stereocenters. The Balaban J connectivity index is 1.84. The van der Waals surface area contributed by atoms with Gasteiger partial charge in [0.15, 0.2) is 0 Å². The van der Waals surface area contributed by atoms with Gasteiger partial charge in [0.25, 0.3) is 0 Å². The largest absolute Gasteiger partial charge is 0.481 e. The smallest absolute Gasteiger partial charge is 0.307 e. The molecule has 0 aliphatic carbocycles. The van der Waals surface area contributed by atoms with Crippen molar-refractivity contribution in [2.24, 2.45) is 0 Å². The third-order valence-electron chi connectivity index (χ3n) is 2.98. The Morgan fingerprint density at radius 2 is 2.00 bits per heavy atom. The van der Waals surface area contributed by atoms with E-state index in [1.54, 1.807) is 29.2 Å². The summed E-state index contributed by atoms with van der Waals surface area (Å²) in [6.45, 7) is 0.780. The van der Waals surface area contributed by atoms with Crippen molar-refractivity contribution in [3.8, 4) is 0 Å². The van der Waals surface area contributed by atoms with Gasteiger partial charge in [-0.15, -0.1) is 5.10 Å². The molecule has 0 radical (unpaired) electrons. The predicted octanol–water partition coefficient (Wildman–Crippen LogP) is 0.612. The normalized spacial score (nSPS) is 10.3. The molecule has 2 aromatic rings. The van der Waals surface area contributed by atoms with Gasteiger partial charge in [0, 0.05) is 19.2 Å². The van der Waals surface area contributed by atoms with E-state index >= 15 is 0 Å². The Bertz CT molecular complexity index is 610. The second-order valence-electron chi connectivity index (χ2n) is 4.53. The van der Waals surface area contributed by atoms with Crippen LogP contribution in [-0.2, 0) is 29.1 Å². The van der Waals surface area contributed by atoms with Crippen LogP contribution >= 0.6 is 0 Å². The molecule has 0 atom stereocenters. The summed E-state index contributed by atoms with van der Waals surface area (Å²) < 4.78 is 1.58. The van der Waals surface area contributed by atoms with Gasteiger partial charge in [0.1, 0.15) is 0 Å². The average molecular weight is 288 g/mol. The van der Waals surface area contributed by atoms with Crippen LogP contribution in [0.4, 0.5) is 0 Å². The zero-order chi connectivity index (χ0) is 15.1. The molecule has 1 heterocycles. The number of carboxylic acid groups (broad SMARTS) is 1. The van der Waals surface area contributed by atoms with Gasteiger partial charge >= 0.3 is 5.97 Å². The Morgan fingerprint density at radius 1 is 1.24 bits per heavy atom. The molecule has 2 rings (SSSR count). The van der Waals surface area contributed by atoms with Crippen molar-refractivity contribution in [1.82, 2.24) is 20.3 Å². The number of benzene rings is 1. The number of carbonyl (C=O) groups excluding carboxylic acids is 1. The fraction of sp³-hybridized carbons (Fsp3) is 0.286. The number of nitrogens with one attached hydrogen (secondary N) is 1. The van der Waals surface area contributed by atoms with E-state index in [1.807, 2.05) is 12.1 Å². The van der Waals surface area contributed by atoms with Crippen LogP contribution in [0.25, 0.3) is 0 Å². The Morgan fingerprint density at radius 3 is 2.67 bits per heavy atom. The number of aromatic nitrogens is 3. The summed E-state index contributed by atoms with van der Waals surface area (Å²) in [5.41, 5.74) is 1.52. The SMILES string of the molecule is O=C(O)Cc1ccccc1CNC(=O)CCn1ccnn1. The fourth-order valence-electron chi connectivity index (χ4n) is 1.92. The molecule has 110 valence electrons. The third-order valence-corrected chi connectivity index (χ3v) is 2.98. The minimum Gasteiger partial charge on any atom is -0.481 e. The van der Waals surface area contributed by atoms with Crippen LogP contribution in [0.15, 0.2) is 36.7 Å². The van der Waals surface area contributed by atoms with Crippen molar-refractivity contribution >= 4 is 11.9 Å². The molecule has 0 bridgehead atoms. The van der Waals surface area contributed by atoms with Gasteiger partial charge < -0.3 is 10.4 Å². The molecule has 0 spiro atoms. The number of nitrogens with zero attached hydrogens (tertiary/aromatic N) is 3. The maximum atomic E-state index is 11.8. The topological polar surface area (TPSA) is 97.1 Å². The summed E-state index contributed by atoms with van der Waals surface area (Å²) in [4.78, 5) is 22.5. The fourth-order valence-corrected chi connectivity index (χ4v) is 1.92. The van der Waals surface area contributed by atoms with Gasteiger partial charge in [-0.2, -0.15) is 0 Å². The Kier molecular flexibility index (Phi) is 5.03. The van der Waals surface area contributed by atoms with Crippen molar-refractivity contribution < 1.29 is 14.7 Å². The first kappa shape index (κ1) is 14.7. The van der Waals surface area contributed by atoms with Crippen LogP contribution in [0.3, 0.4) is 0 Å². The molecule has 0 saturated carbocycles. The molecule has 21 heavy (non-hydrogen) atoms. The molecule has 0 fully saturated rings. The molecule has 1 aromatic heterocycles. The highest BCUT2D eigenvalue weighted by Gasteiger charge is 2.08. The lowest BCUT2D eigenvalue weighted by Crippen LogP contribution is -2.24. The van der Waals surface area contributed by atoms with Crippen LogP contribution in [0, 0.1) is 0 Å². The molecular weight excluding hydrogens is 272 g/mol. The van der Waals surface area contributed by atoms with Crippen molar-refractivity contribution in [2.75, 3.05) is 0 Å². The maximum absolute atomic E-state index is 11.8. The molecular formula is C14H16N4O3. The van der Waals surface area contributed by atoms with Gasteiger partial charge in [-0.05, 0) is 11.1 Å². The summed E-state index contributed by atoms with van der Waals surface area (Å²) in [6, 6.07) is 7.18. The molecule has 0 saturated heterocycles. The van der Waals surface area contributed by atoms with E-state index in [2.05, 4.69) is 15.6 Å². The Labute approximate surface area is 121 Å². The van der Waals surface area contributed by atoms with Gasteiger partial charge in [0.2, 0.25) is 5.91 Å². The van der Waals surface area contributed by atoms with E-state index in [4.69, 9.17) is 5.11 Å². The van der Waals surface area contributed by atoms with Crippen LogP contribution in [0.2, 0.25) is 0 Å². The first-order chi connectivity index (χ1) is 10.1. The van der Waals surface area contributed by atoms with E-state index < -0.39 is 5.97 Å². The van der Waals surface area contributed by atoms with Gasteiger partial charge in [-0.25, -0.2) is 0 Å². The lowest BCUT2D eigenvalue weighted by molar-refractivity contribution is -0.136. The van der Waals surface area contributed by atoms with Gasteiger partial charge in [0.05, 0.1) is 19.2 Å². The highest BCUT2D eigenvalue weighted by molar-refractivity contribution is 5.76. The van der Waals surface area contributed by atoms with Crippen molar-refractivity contribution in [3.63, 3.8) is 0 Å². The molecule has 1 aromatic carbocycles. The van der Waals surface area contributed by atoms with Gasteiger partial charge in [-0.1, -0.05) is 29.5 Å². The van der Waals surface area contributed by atoms with Crippen molar-refractivity contribution in [2.45, 2.75) is 25.9 Å². The summed E-state index contributed by atoms with van der Waals surface area (Å²) in [6.07, 6.45) is 3.49. The summed E-state index contributed by atoms with van der Waals surface area (Å²) in [5, 5.41) is 19.1. The van der Waals surface area contributed by atoms with Crippen LogP contribution in [-0.4, -0.2) is 32.0 Å². The van der Waals surface area contributed by atoms with Gasteiger partial charge in [-0.3, -0.25) is 14.3 Å². The summed E-state index contributed by atoms with van der Waals surface area (Å²) in [7, 11) is 0. The van der Waals surface area contributed by atoms with E-state index in [1.165, 1.54) is 0 Å². The zero-order valence-corrected chi connectivity index (χ0v) is 11.4. The van der Waals surface area contributed by atoms with E-state index in [9.17, 15) is 9.59 Å². The molecule has 2 N–H and O–H groups in total. The predicted molar refractivity (Wildman–Crippen MR) is 74.3 cm³/mol. The van der Waals surface area contributed by atoms with Crippen molar-refractivity contribution in [3.05, 3.63) is 47.8 Å². The lowest BCUT2D eigenvalue weighted by atomic mass is 10.0. The number of aliphatic carboxylic acids is 1. The number of rotatable bonds is 7. The first-order valence-corrected chi connectivity index (χ1v) is 6.54. The monoisotopic (exact) mass is 288 g/mol. The van der Waals surface area contributed by atoms with Crippen LogP contribution in [0.5, 0.6) is 0 Å². The second kappa shape index (κ2) is 7.18. The number of carbonyl (C=O) groups is 2. The molecule has 7 heteroatoms. The quantitative estimate of drug-likeness (QED) is 0.778. The maximum Gasteiger partial charge on any atom is 0.307 e. The number of aryl methyl sites for hydroxylation is 1. The molecule has 7 nitrogen and oxygen atoms in total. The van der Waals surface area contributed by atoms with E-state index in [0.29, 0.717) is 25.1 Å². The highest BCUT2D eigenvalue weighted by Crippen LogP contribution is 2.09. The highest BCUT2D eigenvalue weighted by atomic mass is 16.4. The summed E-state index contributed by atoms with van der Waals surface area (Å²) >= 11 is 0. The third kappa shape index (κ3) is 4.72. The number of hydrogen-bond acceptors (Lipinski definition) is 4. The standard InChI is InChI=1S/C14H16N4O3/c19-13(5-7-18-8-6-16-17-18)15-10-12-4-2-1-3-11(12)9-14(20)21/h1-4,6,8H,5,7,9-10H2,(H,15,19)(H,20,21). The number of amides is 1. The van der Waals surface area contributed by atoms with Crippen molar-refractivity contribution in [1.29, 1.82) is 0 Å². The number of hydrogen-bond donors (Lipinski definition) is 2. The second-order valence-corrected chi connectivity index (χ2v) is 4.53. The van der Waals surface area contributed by atoms with Crippen LogP contribution in [0.1, 0.15) is 17.5 Å². The number of carboxylic acids is 1. The summed E-state index contributed by atoms with van der Waals surface area (Å²) in [5.74, 6) is -1.00. The van der Waals surface area contributed by atoms with E-state index in [0.717, 1.165) is 5.56 Å². The molecule has 0 aliphatic heterocycles. The first-order valence-electron chi connectivity index (χ1n) is 6.54. The average Bonchev–Trinajstić information content (AvgIpc) is 2.97. The minimum absolute atomic E-state index is 0.0506.